The van der Waals surface area contributed by atoms with Crippen molar-refractivity contribution in [1.82, 2.24) is 0 Å². The molecule has 0 saturated carbocycles. The highest BCUT2D eigenvalue weighted by molar-refractivity contribution is 5.92. The van der Waals surface area contributed by atoms with E-state index in [1.807, 2.05) is 6.07 Å². The number of carbonyl (C=O) groups is 1. The Morgan fingerprint density at radius 3 is 2.88 bits per heavy atom. The maximum Gasteiger partial charge on any atom is 0.338 e. The Labute approximate surface area is 146 Å². The molecule has 6 nitrogen and oxygen atoms in total. The number of nitriles is 1. The molecule has 0 spiro atoms. The van der Waals surface area contributed by atoms with Crippen molar-refractivity contribution in [2.45, 2.75) is 19.8 Å². The smallest absolute Gasteiger partial charge is 0.338 e. The van der Waals surface area contributed by atoms with Crippen LogP contribution in [0.3, 0.4) is 0 Å². The average molecular weight is 338 g/mol. The molecular formula is C19H18N2O4. The number of esters is 1. The average Bonchev–Trinajstić information content (AvgIpc) is 2.59. The fraction of sp³-hybridized carbons (Fsp3) is 0.263. The summed E-state index contributed by atoms with van der Waals surface area (Å²) in [7, 11) is 0. The van der Waals surface area contributed by atoms with Crippen molar-refractivity contribution >= 4 is 5.97 Å². The molecule has 25 heavy (non-hydrogen) atoms. The number of allylic oxidation sites excluding steroid dienone is 2. The van der Waals surface area contributed by atoms with Gasteiger partial charge in [0.1, 0.15) is 29.8 Å². The minimum Gasteiger partial charge on any atom is -0.481 e. The summed E-state index contributed by atoms with van der Waals surface area (Å²) >= 11 is 0. The molecule has 0 saturated heterocycles. The van der Waals surface area contributed by atoms with Crippen LogP contribution >= 0.6 is 0 Å². The second kappa shape index (κ2) is 7.94. The van der Waals surface area contributed by atoms with Gasteiger partial charge in [-0.15, -0.1) is 6.42 Å². The molecule has 0 bridgehead atoms. The lowest BCUT2D eigenvalue weighted by atomic mass is 9.83. The van der Waals surface area contributed by atoms with Gasteiger partial charge in [0.25, 0.3) is 0 Å². The van der Waals surface area contributed by atoms with Gasteiger partial charge in [0.05, 0.1) is 18.1 Å². The molecule has 0 radical (unpaired) electrons. The minimum atomic E-state index is -0.702. The monoisotopic (exact) mass is 338 g/mol. The zero-order valence-corrected chi connectivity index (χ0v) is 14.0. The number of nitrogens with zero attached hydrogens (tertiary/aromatic N) is 1. The topological polar surface area (TPSA) is 94.6 Å². The third-order valence-corrected chi connectivity index (χ3v) is 3.61. The predicted molar refractivity (Wildman–Crippen MR) is 90.8 cm³/mol. The highest BCUT2D eigenvalue weighted by Gasteiger charge is 2.36. The summed E-state index contributed by atoms with van der Waals surface area (Å²) in [6.07, 6.45) is 5.21. The molecule has 128 valence electrons. The number of ether oxygens (including phenoxy) is 3. The van der Waals surface area contributed by atoms with E-state index in [9.17, 15) is 10.1 Å². The van der Waals surface area contributed by atoms with Gasteiger partial charge >= 0.3 is 5.97 Å². The van der Waals surface area contributed by atoms with Crippen LogP contribution < -0.4 is 10.5 Å². The minimum absolute atomic E-state index is 0.0343. The van der Waals surface area contributed by atoms with E-state index in [2.05, 4.69) is 5.92 Å². The van der Waals surface area contributed by atoms with Crippen molar-refractivity contribution in [3.05, 3.63) is 52.6 Å². The standard InChI is InChI=1S/C19H18N2O4/c1-4-9-24-14-8-6-7-13(10-14)17-15(11-20)18(21)25-12(3)16(17)19(22)23-5-2/h1,6-8,10,17H,5,9,21H2,2-3H3. The van der Waals surface area contributed by atoms with Gasteiger partial charge in [-0.2, -0.15) is 5.26 Å². The third-order valence-electron chi connectivity index (χ3n) is 3.61. The highest BCUT2D eigenvalue weighted by Crippen LogP contribution is 2.40. The predicted octanol–water partition coefficient (Wildman–Crippen LogP) is 2.34. The van der Waals surface area contributed by atoms with Crippen LogP contribution in [0.25, 0.3) is 0 Å². The number of hydrogen-bond acceptors (Lipinski definition) is 6. The van der Waals surface area contributed by atoms with E-state index in [1.54, 1.807) is 38.1 Å². The number of carbonyl (C=O) groups excluding carboxylic acids is 1. The van der Waals surface area contributed by atoms with Crippen molar-refractivity contribution in [1.29, 1.82) is 5.26 Å². The maximum absolute atomic E-state index is 12.4. The molecule has 0 aromatic heterocycles. The van der Waals surface area contributed by atoms with E-state index in [4.69, 9.17) is 26.4 Å². The lowest BCUT2D eigenvalue weighted by molar-refractivity contribution is -0.139. The van der Waals surface area contributed by atoms with E-state index in [-0.39, 0.29) is 30.2 Å². The number of terminal acetylenes is 1. The molecule has 1 atom stereocenters. The number of hydrogen-bond donors (Lipinski definition) is 1. The molecule has 1 unspecified atom stereocenters. The van der Waals surface area contributed by atoms with Crippen LogP contribution in [0.5, 0.6) is 5.75 Å². The first-order valence-corrected chi connectivity index (χ1v) is 7.65. The van der Waals surface area contributed by atoms with E-state index in [0.29, 0.717) is 17.1 Å². The fourth-order valence-electron chi connectivity index (χ4n) is 2.60. The van der Waals surface area contributed by atoms with Crippen LogP contribution in [-0.4, -0.2) is 19.2 Å². The zero-order chi connectivity index (χ0) is 18.4. The van der Waals surface area contributed by atoms with Gasteiger partial charge in [-0.1, -0.05) is 18.1 Å². The Bertz CT molecular complexity index is 825. The number of nitrogens with two attached hydrogens (primary N) is 1. The molecule has 0 amide bonds. The van der Waals surface area contributed by atoms with Crippen LogP contribution in [0.2, 0.25) is 0 Å². The largest absolute Gasteiger partial charge is 0.481 e. The number of rotatable bonds is 5. The van der Waals surface area contributed by atoms with Gasteiger partial charge in [0, 0.05) is 0 Å². The summed E-state index contributed by atoms with van der Waals surface area (Å²) in [6.45, 7) is 3.63. The normalized spacial score (nSPS) is 16.6. The van der Waals surface area contributed by atoms with E-state index < -0.39 is 11.9 Å². The molecule has 2 N–H and O–H groups in total. The van der Waals surface area contributed by atoms with Crippen LogP contribution in [-0.2, 0) is 14.3 Å². The third kappa shape index (κ3) is 3.76. The van der Waals surface area contributed by atoms with E-state index in [1.165, 1.54) is 0 Å². The Hall–Kier alpha value is -3.38. The first-order chi connectivity index (χ1) is 12.0. The van der Waals surface area contributed by atoms with Gasteiger partial charge in [-0.05, 0) is 31.5 Å². The molecule has 1 aromatic carbocycles. The second-order valence-electron chi connectivity index (χ2n) is 5.18. The van der Waals surface area contributed by atoms with Gasteiger partial charge in [-0.25, -0.2) is 4.79 Å². The molecule has 0 fully saturated rings. The van der Waals surface area contributed by atoms with Crippen LogP contribution in [0.4, 0.5) is 0 Å². The lowest BCUT2D eigenvalue weighted by Gasteiger charge is -2.27. The van der Waals surface area contributed by atoms with Gasteiger partial charge in [-0.3, -0.25) is 0 Å². The molecular weight excluding hydrogens is 320 g/mol. The summed E-state index contributed by atoms with van der Waals surface area (Å²) in [5, 5.41) is 9.52. The van der Waals surface area contributed by atoms with Gasteiger partial charge in [0.15, 0.2) is 0 Å². The summed E-state index contributed by atoms with van der Waals surface area (Å²) < 4.78 is 15.9. The van der Waals surface area contributed by atoms with E-state index >= 15 is 0 Å². The van der Waals surface area contributed by atoms with Crippen LogP contribution in [0.15, 0.2) is 47.1 Å². The Morgan fingerprint density at radius 1 is 1.48 bits per heavy atom. The maximum atomic E-state index is 12.4. The molecule has 1 aromatic rings. The molecule has 2 rings (SSSR count). The molecule has 6 heteroatoms. The molecule has 1 aliphatic rings. The summed E-state index contributed by atoms with van der Waals surface area (Å²) in [5.74, 6) is 1.92. The van der Waals surface area contributed by atoms with Gasteiger partial charge in [0.2, 0.25) is 5.88 Å². The first kappa shape index (κ1) is 18.0. The van der Waals surface area contributed by atoms with Crippen molar-refractivity contribution in [3.63, 3.8) is 0 Å². The van der Waals surface area contributed by atoms with Crippen molar-refractivity contribution in [3.8, 4) is 24.2 Å². The highest BCUT2D eigenvalue weighted by atomic mass is 16.5. The van der Waals surface area contributed by atoms with Crippen LogP contribution in [0, 0.1) is 23.7 Å². The van der Waals surface area contributed by atoms with E-state index in [0.717, 1.165) is 0 Å². The summed E-state index contributed by atoms with van der Waals surface area (Å²) in [4.78, 5) is 12.4. The molecule has 0 aliphatic carbocycles. The second-order valence-corrected chi connectivity index (χ2v) is 5.18. The van der Waals surface area contributed by atoms with Crippen molar-refractivity contribution < 1.29 is 19.0 Å². The first-order valence-electron chi connectivity index (χ1n) is 7.65. The van der Waals surface area contributed by atoms with Gasteiger partial charge < -0.3 is 19.9 Å². The van der Waals surface area contributed by atoms with Crippen molar-refractivity contribution in [2.24, 2.45) is 5.73 Å². The Morgan fingerprint density at radius 2 is 2.24 bits per heavy atom. The number of benzene rings is 1. The molecule has 1 aliphatic heterocycles. The van der Waals surface area contributed by atoms with Crippen molar-refractivity contribution in [2.75, 3.05) is 13.2 Å². The fourth-order valence-corrected chi connectivity index (χ4v) is 2.60. The lowest BCUT2D eigenvalue weighted by Crippen LogP contribution is -2.25. The SMILES string of the molecule is C#CCOc1cccc(C2C(C#N)=C(N)OC(C)=C2C(=O)OCC)c1. The van der Waals surface area contributed by atoms with Crippen LogP contribution in [0.1, 0.15) is 25.3 Å². The summed E-state index contributed by atoms with van der Waals surface area (Å²) in [6, 6.07) is 9.00. The Kier molecular flexibility index (Phi) is 5.71. The Balaban J connectivity index is 2.55. The zero-order valence-electron chi connectivity index (χ0n) is 14.0. The molecule has 1 heterocycles. The summed E-state index contributed by atoms with van der Waals surface area (Å²) in [5.41, 5.74) is 6.88. The quantitative estimate of drug-likeness (QED) is 0.654.